The van der Waals surface area contributed by atoms with Crippen LogP contribution in [0.5, 0.6) is 0 Å². The number of halogens is 2. The molecule has 1 N–H and O–H groups in total. The van der Waals surface area contributed by atoms with E-state index in [0.29, 0.717) is 17.8 Å². The third kappa shape index (κ3) is 6.17. The Morgan fingerprint density at radius 3 is 1.69 bits per heavy atom. The summed E-state index contributed by atoms with van der Waals surface area (Å²) in [4.78, 5) is 25.1. The summed E-state index contributed by atoms with van der Waals surface area (Å²) in [6.07, 6.45) is 5.73. The van der Waals surface area contributed by atoms with E-state index in [2.05, 4.69) is 25.5 Å². The highest BCUT2D eigenvalue weighted by atomic mass is 32.2. The molecule has 4 bridgehead atoms. The average molecular weight is 484 g/mol. The van der Waals surface area contributed by atoms with Crippen LogP contribution in [0.4, 0.5) is 8.78 Å². The van der Waals surface area contributed by atoms with Gasteiger partial charge in [-0.15, -0.1) is 0 Å². The summed E-state index contributed by atoms with van der Waals surface area (Å²) < 4.78 is 65.9. The van der Waals surface area contributed by atoms with E-state index in [4.69, 9.17) is 4.74 Å². The van der Waals surface area contributed by atoms with Crippen molar-refractivity contribution in [2.75, 3.05) is 32.8 Å². The highest BCUT2D eigenvalue weighted by molar-refractivity contribution is 7.87. The minimum absolute atomic E-state index is 0.411. The van der Waals surface area contributed by atoms with Gasteiger partial charge in [-0.05, 0) is 77.0 Å². The van der Waals surface area contributed by atoms with Gasteiger partial charge in [0.25, 0.3) is 0 Å². The Labute approximate surface area is 188 Å². The maximum Gasteiger partial charge on any atom is 0.428 e. The monoisotopic (exact) mass is 483 g/mol. The largest absolute Gasteiger partial charge is 0.743 e. The first kappa shape index (κ1) is 26.9. The van der Waals surface area contributed by atoms with E-state index in [-0.39, 0.29) is 0 Å². The van der Waals surface area contributed by atoms with Crippen LogP contribution >= 0.6 is 0 Å². The molecular weight excluding hydrogens is 448 g/mol. The summed E-state index contributed by atoms with van der Waals surface area (Å²) in [6.45, 7) is 9.29. The van der Waals surface area contributed by atoms with E-state index in [1.54, 1.807) is 4.90 Å². The van der Waals surface area contributed by atoms with Crippen molar-refractivity contribution in [3.63, 3.8) is 0 Å². The minimum Gasteiger partial charge on any atom is -0.743 e. The Morgan fingerprint density at radius 1 is 0.938 bits per heavy atom. The number of carbonyl (C=O) groups excluding carboxylic acids is 2. The third-order valence-electron chi connectivity index (χ3n) is 7.07. The van der Waals surface area contributed by atoms with E-state index in [1.807, 2.05) is 0 Å². The van der Waals surface area contributed by atoms with Gasteiger partial charge < -0.3 is 18.9 Å². The van der Waals surface area contributed by atoms with Crippen LogP contribution in [-0.2, 0) is 29.2 Å². The molecular formula is C21H35F2NO7S. The summed E-state index contributed by atoms with van der Waals surface area (Å²) in [5, 5.41) is -5.16. The zero-order chi connectivity index (χ0) is 24.2. The van der Waals surface area contributed by atoms with Gasteiger partial charge in [0, 0.05) is 0 Å². The van der Waals surface area contributed by atoms with Crippen LogP contribution in [0, 0.1) is 23.2 Å². The van der Waals surface area contributed by atoms with Crippen LogP contribution in [0.3, 0.4) is 0 Å². The van der Waals surface area contributed by atoms with Gasteiger partial charge in [-0.25, -0.2) is 13.2 Å². The molecule has 0 heterocycles. The summed E-state index contributed by atoms with van der Waals surface area (Å²) >= 11 is 0. The lowest BCUT2D eigenvalue weighted by Crippen LogP contribution is -3.11. The summed E-state index contributed by atoms with van der Waals surface area (Å²) in [7, 11) is -6.15. The smallest absolute Gasteiger partial charge is 0.428 e. The molecule has 4 rings (SSSR count). The van der Waals surface area contributed by atoms with Gasteiger partial charge in [0.2, 0.25) is 0 Å². The Kier molecular flexibility index (Phi) is 9.03. The Morgan fingerprint density at radius 2 is 1.34 bits per heavy atom. The number of alkyl halides is 2. The molecule has 0 aromatic carbocycles. The molecule has 0 amide bonds. The fourth-order valence-corrected chi connectivity index (χ4v) is 5.98. The second-order valence-electron chi connectivity index (χ2n) is 9.25. The molecule has 4 fully saturated rings. The SMILES string of the molecule is CC[NH+](CC)CC.O=C(OCCOC(=O)C(F)(F)S(=O)(=O)[O-])C12CC3CC(CC(C3)C1)C2. The molecule has 0 aromatic heterocycles. The third-order valence-corrected chi connectivity index (χ3v) is 7.87. The van der Waals surface area contributed by atoms with Crippen molar-refractivity contribution in [2.45, 2.75) is 64.6 Å². The van der Waals surface area contributed by atoms with Gasteiger partial charge in [-0.1, -0.05) is 0 Å². The van der Waals surface area contributed by atoms with Crippen LogP contribution in [-0.4, -0.2) is 63.0 Å². The van der Waals surface area contributed by atoms with Crippen molar-refractivity contribution < 1.29 is 45.7 Å². The fourth-order valence-electron chi connectivity index (χ4n) is 5.72. The quantitative estimate of drug-likeness (QED) is 0.299. The van der Waals surface area contributed by atoms with Crippen molar-refractivity contribution in [2.24, 2.45) is 23.2 Å². The molecule has 0 atom stereocenters. The molecule has 4 aliphatic rings. The maximum atomic E-state index is 12.9. The van der Waals surface area contributed by atoms with E-state index >= 15 is 0 Å². The topological polar surface area (TPSA) is 114 Å². The molecule has 0 spiro atoms. The lowest BCUT2D eigenvalue weighted by Gasteiger charge is -2.55. The zero-order valence-electron chi connectivity index (χ0n) is 19.0. The second kappa shape index (κ2) is 10.7. The molecule has 0 aromatic rings. The molecule has 11 heteroatoms. The first-order chi connectivity index (χ1) is 14.9. The Hall–Kier alpha value is -1.33. The minimum atomic E-state index is -6.15. The van der Waals surface area contributed by atoms with Crippen molar-refractivity contribution >= 4 is 22.1 Å². The summed E-state index contributed by atoms with van der Waals surface area (Å²) in [5.41, 5.74) is -0.527. The maximum absolute atomic E-state index is 12.9. The summed E-state index contributed by atoms with van der Waals surface area (Å²) in [5.74, 6) is -1.30. The van der Waals surface area contributed by atoms with E-state index < -0.39 is 45.9 Å². The number of esters is 2. The van der Waals surface area contributed by atoms with Crippen LogP contribution in [0.1, 0.15) is 59.3 Å². The van der Waals surface area contributed by atoms with Crippen molar-refractivity contribution in [3.8, 4) is 0 Å². The summed E-state index contributed by atoms with van der Waals surface area (Å²) in [6, 6.07) is 0. The van der Waals surface area contributed by atoms with Gasteiger partial charge in [0.05, 0.1) is 25.0 Å². The molecule has 4 aliphatic carbocycles. The normalized spacial score (nSPS) is 28.8. The van der Waals surface area contributed by atoms with E-state index in [0.717, 1.165) is 38.5 Å². The lowest BCUT2D eigenvalue weighted by atomic mass is 9.49. The van der Waals surface area contributed by atoms with Gasteiger partial charge in [0.1, 0.15) is 13.2 Å². The van der Waals surface area contributed by atoms with E-state index in [1.165, 1.54) is 19.6 Å². The van der Waals surface area contributed by atoms with Crippen LogP contribution in [0.2, 0.25) is 0 Å². The zero-order valence-corrected chi connectivity index (χ0v) is 19.8. The molecule has 186 valence electrons. The molecule has 0 radical (unpaired) electrons. The lowest BCUT2D eigenvalue weighted by molar-refractivity contribution is -0.894. The first-order valence-electron chi connectivity index (χ1n) is 11.4. The predicted molar refractivity (Wildman–Crippen MR) is 110 cm³/mol. The highest BCUT2D eigenvalue weighted by Gasteiger charge is 2.55. The number of quaternary nitrogens is 1. The fraction of sp³-hybridized carbons (Fsp3) is 0.905. The second-order valence-corrected chi connectivity index (χ2v) is 10.7. The molecule has 0 aliphatic heterocycles. The van der Waals surface area contributed by atoms with Crippen LogP contribution in [0.15, 0.2) is 0 Å². The number of hydrogen-bond donors (Lipinski definition) is 1. The first-order valence-corrected chi connectivity index (χ1v) is 12.8. The van der Waals surface area contributed by atoms with Crippen molar-refractivity contribution in [1.82, 2.24) is 0 Å². The Balaban J connectivity index is 0.000000451. The number of carbonyl (C=O) groups is 2. The highest BCUT2D eigenvalue weighted by Crippen LogP contribution is 2.60. The van der Waals surface area contributed by atoms with Gasteiger partial charge in [0.15, 0.2) is 10.1 Å². The number of rotatable bonds is 9. The average Bonchev–Trinajstić information content (AvgIpc) is 2.70. The molecule has 8 nitrogen and oxygen atoms in total. The van der Waals surface area contributed by atoms with Crippen molar-refractivity contribution in [1.29, 1.82) is 0 Å². The number of ether oxygens (including phenoxy) is 2. The Bertz CT molecular complexity index is 727. The van der Waals surface area contributed by atoms with Crippen LogP contribution in [0.25, 0.3) is 0 Å². The number of hydrogen-bond acceptors (Lipinski definition) is 7. The van der Waals surface area contributed by atoms with Gasteiger partial charge >= 0.3 is 17.2 Å². The van der Waals surface area contributed by atoms with Crippen LogP contribution < -0.4 is 4.90 Å². The van der Waals surface area contributed by atoms with Crippen molar-refractivity contribution in [3.05, 3.63) is 0 Å². The molecule has 32 heavy (non-hydrogen) atoms. The van der Waals surface area contributed by atoms with E-state index in [9.17, 15) is 31.3 Å². The number of nitrogens with one attached hydrogen (secondary N) is 1. The molecule has 4 saturated carbocycles. The molecule has 0 unspecified atom stereocenters. The van der Waals surface area contributed by atoms with Gasteiger partial charge in [-0.2, -0.15) is 8.78 Å². The molecule has 0 saturated heterocycles. The standard InChI is InChI=1S/C15H20F2O7S.C6H15N/c16-15(17,25(20,21)22)13(19)24-2-1-23-12(18)14-6-9-3-10(7-14)5-11(4-9)8-14;1-4-7(5-2)6-3/h9-11H,1-8H2,(H,20,21,22);4-6H2,1-3H3. The predicted octanol–water partition coefficient (Wildman–Crippen LogP) is 1.36. The van der Waals surface area contributed by atoms with Gasteiger partial charge in [-0.3, -0.25) is 4.79 Å².